The van der Waals surface area contributed by atoms with Crippen LogP contribution >= 0.6 is 11.6 Å². The Hall–Kier alpha value is -1.63. The number of rotatable bonds is 6. The van der Waals surface area contributed by atoms with Crippen LogP contribution in [0, 0.1) is 5.82 Å². The fourth-order valence-electron chi connectivity index (χ4n) is 3.00. The van der Waals surface area contributed by atoms with E-state index in [2.05, 4.69) is 0 Å². The number of benzene rings is 2. The lowest BCUT2D eigenvalue weighted by molar-refractivity contribution is 0.130. The maximum absolute atomic E-state index is 13.8. The van der Waals surface area contributed by atoms with Crippen molar-refractivity contribution in [3.05, 3.63) is 64.9 Å². The standard InChI is InChI=1S/C19H21ClFNO3S/c20-16-6-7-19(18(21)14-16)25-17-8-11-22(12-9-17)26(23,24)13-10-15-4-2-1-3-5-15/h1-7,14,17H,8-13H2. The Morgan fingerprint density at radius 1 is 1.12 bits per heavy atom. The van der Waals surface area contributed by atoms with Crippen LogP contribution in [-0.4, -0.2) is 37.7 Å². The number of piperidine rings is 1. The Bertz CT molecular complexity index is 837. The maximum Gasteiger partial charge on any atom is 0.214 e. The van der Waals surface area contributed by atoms with Crippen molar-refractivity contribution < 1.29 is 17.5 Å². The molecule has 2 aromatic rings. The highest BCUT2D eigenvalue weighted by Gasteiger charge is 2.29. The molecule has 1 aliphatic rings. The summed E-state index contributed by atoms with van der Waals surface area (Å²) in [7, 11) is -3.31. The summed E-state index contributed by atoms with van der Waals surface area (Å²) in [5.41, 5.74) is 1.01. The molecule has 1 saturated heterocycles. The average molecular weight is 398 g/mol. The molecule has 1 fully saturated rings. The zero-order valence-electron chi connectivity index (χ0n) is 14.3. The summed E-state index contributed by atoms with van der Waals surface area (Å²) in [5.74, 6) is -0.260. The van der Waals surface area contributed by atoms with Crippen molar-refractivity contribution >= 4 is 21.6 Å². The van der Waals surface area contributed by atoms with Crippen molar-refractivity contribution in [3.63, 3.8) is 0 Å². The van der Waals surface area contributed by atoms with Gasteiger partial charge in [0.25, 0.3) is 0 Å². The summed E-state index contributed by atoms with van der Waals surface area (Å²) in [4.78, 5) is 0. The van der Waals surface area contributed by atoms with Crippen LogP contribution in [-0.2, 0) is 16.4 Å². The minimum atomic E-state index is -3.31. The van der Waals surface area contributed by atoms with Crippen molar-refractivity contribution in [1.29, 1.82) is 0 Å². The quantitative estimate of drug-likeness (QED) is 0.742. The monoisotopic (exact) mass is 397 g/mol. The number of nitrogens with zero attached hydrogens (tertiary/aromatic N) is 1. The van der Waals surface area contributed by atoms with Crippen LogP contribution in [0.5, 0.6) is 5.75 Å². The molecule has 3 rings (SSSR count). The first-order valence-electron chi connectivity index (χ1n) is 8.57. The van der Waals surface area contributed by atoms with E-state index in [0.29, 0.717) is 37.4 Å². The lowest BCUT2D eigenvalue weighted by Gasteiger charge is -2.31. The summed E-state index contributed by atoms with van der Waals surface area (Å²) < 4.78 is 46.1. The van der Waals surface area contributed by atoms with E-state index in [9.17, 15) is 12.8 Å². The summed E-state index contributed by atoms with van der Waals surface area (Å²) in [6, 6.07) is 13.9. The molecule has 1 heterocycles. The molecule has 0 amide bonds. The molecule has 0 unspecified atom stereocenters. The zero-order chi connectivity index (χ0) is 18.6. The van der Waals surface area contributed by atoms with Crippen molar-refractivity contribution in [2.75, 3.05) is 18.8 Å². The van der Waals surface area contributed by atoms with Crippen molar-refractivity contribution in [2.24, 2.45) is 0 Å². The molecule has 0 radical (unpaired) electrons. The maximum atomic E-state index is 13.8. The number of hydrogen-bond donors (Lipinski definition) is 0. The zero-order valence-corrected chi connectivity index (χ0v) is 15.8. The van der Waals surface area contributed by atoms with Gasteiger partial charge in [-0.2, -0.15) is 0 Å². The van der Waals surface area contributed by atoms with E-state index in [1.165, 1.54) is 16.4 Å². The Balaban J connectivity index is 1.52. The topological polar surface area (TPSA) is 46.6 Å². The normalized spacial score (nSPS) is 16.5. The number of ether oxygens (including phenoxy) is 1. The van der Waals surface area contributed by atoms with E-state index in [-0.39, 0.29) is 17.6 Å². The third-order valence-corrected chi connectivity index (χ3v) is 6.58. The van der Waals surface area contributed by atoms with Gasteiger partial charge in [0.2, 0.25) is 10.0 Å². The van der Waals surface area contributed by atoms with Gasteiger partial charge in [-0.15, -0.1) is 0 Å². The van der Waals surface area contributed by atoms with E-state index in [1.807, 2.05) is 30.3 Å². The Morgan fingerprint density at radius 3 is 2.46 bits per heavy atom. The molecule has 0 spiro atoms. The highest BCUT2D eigenvalue weighted by Crippen LogP contribution is 2.25. The van der Waals surface area contributed by atoms with Crippen LogP contribution in [0.2, 0.25) is 5.02 Å². The van der Waals surface area contributed by atoms with E-state index < -0.39 is 15.8 Å². The molecular formula is C19H21ClFNO3S. The third-order valence-electron chi connectivity index (χ3n) is 4.47. The van der Waals surface area contributed by atoms with Gasteiger partial charge in [-0.05, 0) is 43.0 Å². The van der Waals surface area contributed by atoms with Gasteiger partial charge >= 0.3 is 0 Å². The molecule has 0 atom stereocenters. The molecule has 0 aliphatic carbocycles. The Labute approximate surface area is 158 Å². The molecule has 4 nitrogen and oxygen atoms in total. The number of sulfonamides is 1. The SMILES string of the molecule is O=S(=O)(CCc1ccccc1)N1CCC(Oc2ccc(Cl)cc2F)CC1. The van der Waals surface area contributed by atoms with Crippen LogP contribution in [0.15, 0.2) is 48.5 Å². The summed E-state index contributed by atoms with van der Waals surface area (Å²) in [6.45, 7) is 0.772. The first kappa shape index (κ1) is 19.1. The minimum Gasteiger partial charge on any atom is -0.487 e. The van der Waals surface area contributed by atoms with Gasteiger partial charge in [-0.3, -0.25) is 0 Å². The van der Waals surface area contributed by atoms with Gasteiger partial charge in [0, 0.05) is 18.1 Å². The molecule has 26 heavy (non-hydrogen) atoms. The molecule has 1 aliphatic heterocycles. The second-order valence-electron chi connectivity index (χ2n) is 6.34. The number of aryl methyl sites for hydroxylation is 1. The summed E-state index contributed by atoms with van der Waals surface area (Å²) in [5, 5.41) is 0.314. The van der Waals surface area contributed by atoms with Crippen LogP contribution in [0.25, 0.3) is 0 Å². The molecule has 2 aromatic carbocycles. The van der Waals surface area contributed by atoms with Crippen LogP contribution in [0.4, 0.5) is 4.39 Å². The molecule has 7 heteroatoms. The van der Waals surface area contributed by atoms with E-state index in [4.69, 9.17) is 16.3 Å². The van der Waals surface area contributed by atoms with E-state index in [1.54, 1.807) is 6.07 Å². The fourth-order valence-corrected chi connectivity index (χ4v) is 4.68. The third kappa shape index (κ3) is 4.96. The van der Waals surface area contributed by atoms with Crippen LogP contribution in [0.1, 0.15) is 18.4 Å². The van der Waals surface area contributed by atoms with Gasteiger partial charge in [0.1, 0.15) is 6.10 Å². The predicted octanol–water partition coefficient (Wildman–Crippen LogP) is 3.89. The molecular weight excluding hydrogens is 377 g/mol. The highest BCUT2D eigenvalue weighted by molar-refractivity contribution is 7.89. The van der Waals surface area contributed by atoms with Gasteiger partial charge < -0.3 is 4.74 Å². The Kier molecular flexibility index (Phi) is 6.16. The molecule has 140 valence electrons. The highest BCUT2D eigenvalue weighted by atomic mass is 35.5. The van der Waals surface area contributed by atoms with Crippen LogP contribution < -0.4 is 4.74 Å². The van der Waals surface area contributed by atoms with E-state index in [0.717, 1.165) is 5.56 Å². The van der Waals surface area contributed by atoms with Gasteiger partial charge in [-0.25, -0.2) is 17.1 Å². The summed E-state index contributed by atoms with van der Waals surface area (Å²) in [6.07, 6.45) is 1.36. The number of hydrogen-bond acceptors (Lipinski definition) is 3. The second-order valence-corrected chi connectivity index (χ2v) is 8.87. The van der Waals surface area contributed by atoms with Crippen molar-refractivity contribution in [3.8, 4) is 5.75 Å². The lowest BCUT2D eigenvalue weighted by Crippen LogP contribution is -2.43. The Morgan fingerprint density at radius 2 is 1.81 bits per heavy atom. The second kappa shape index (κ2) is 8.37. The molecule has 0 aromatic heterocycles. The van der Waals surface area contributed by atoms with Crippen molar-refractivity contribution in [2.45, 2.75) is 25.4 Å². The molecule has 0 N–H and O–H groups in total. The van der Waals surface area contributed by atoms with Gasteiger partial charge in [0.05, 0.1) is 5.75 Å². The molecule has 0 saturated carbocycles. The fraction of sp³-hybridized carbons (Fsp3) is 0.368. The first-order chi connectivity index (χ1) is 12.4. The predicted molar refractivity (Wildman–Crippen MR) is 101 cm³/mol. The minimum absolute atomic E-state index is 0.0916. The largest absolute Gasteiger partial charge is 0.487 e. The van der Waals surface area contributed by atoms with E-state index >= 15 is 0 Å². The van der Waals surface area contributed by atoms with Gasteiger partial charge in [-0.1, -0.05) is 41.9 Å². The summed E-state index contributed by atoms with van der Waals surface area (Å²) >= 11 is 5.73. The lowest BCUT2D eigenvalue weighted by atomic mass is 10.1. The molecule has 0 bridgehead atoms. The smallest absolute Gasteiger partial charge is 0.214 e. The van der Waals surface area contributed by atoms with Crippen LogP contribution in [0.3, 0.4) is 0 Å². The van der Waals surface area contributed by atoms with Gasteiger partial charge in [0.15, 0.2) is 11.6 Å². The first-order valence-corrected chi connectivity index (χ1v) is 10.6. The average Bonchev–Trinajstić information content (AvgIpc) is 2.64. The van der Waals surface area contributed by atoms with Crippen molar-refractivity contribution in [1.82, 2.24) is 4.31 Å². The number of halogens is 2.